The van der Waals surface area contributed by atoms with Crippen LogP contribution in [0.15, 0.2) is 66.2 Å². The number of benzene rings is 1. The molecule has 8 heteroatoms. The van der Waals surface area contributed by atoms with Crippen LogP contribution in [0.3, 0.4) is 0 Å². The summed E-state index contributed by atoms with van der Waals surface area (Å²) in [5.74, 6) is 1.57. The fourth-order valence-corrected chi connectivity index (χ4v) is 2.39. The number of rotatable bonds is 6. The second-order valence-corrected chi connectivity index (χ2v) is 5.23. The number of nitrogens with one attached hydrogen (secondary N) is 2. The maximum Gasteiger partial charge on any atom is 0.191 e. The molecule has 2 heterocycles. The van der Waals surface area contributed by atoms with Gasteiger partial charge in [-0.25, -0.2) is 0 Å². The van der Waals surface area contributed by atoms with Crippen molar-refractivity contribution in [1.82, 2.24) is 30.0 Å². The first kappa shape index (κ1) is 19.0. The molecule has 0 bridgehead atoms. The Balaban J connectivity index is 0.00000225. The van der Waals surface area contributed by atoms with Crippen LogP contribution in [0.2, 0.25) is 0 Å². The first-order chi connectivity index (χ1) is 11.9. The van der Waals surface area contributed by atoms with E-state index in [2.05, 4.69) is 30.4 Å². The van der Waals surface area contributed by atoms with Gasteiger partial charge in [0.15, 0.2) is 11.8 Å². The molecule has 0 saturated carbocycles. The molecule has 132 valence electrons. The summed E-state index contributed by atoms with van der Waals surface area (Å²) in [5, 5.41) is 14.7. The lowest BCUT2D eigenvalue weighted by Gasteiger charge is -2.12. The van der Waals surface area contributed by atoms with Crippen LogP contribution in [0.1, 0.15) is 5.82 Å². The highest BCUT2D eigenvalue weighted by Gasteiger charge is 2.07. The van der Waals surface area contributed by atoms with Gasteiger partial charge in [-0.1, -0.05) is 18.2 Å². The third-order valence-electron chi connectivity index (χ3n) is 3.62. The Bertz CT molecular complexity index is 765. The van der Waals surface area contributed by atoms with Crippen molar-refractivity contribution in [3.05, 3.63) is 67.0 Å². The first-order valence-electron chi connectivity index (χ1n) is 7.86. The van der Waals surface area contributed by atoms with Gasteiger partial charge in [-0.3, -0.25) is 9.56 Å². The lowest BCUT2D eigenvalue weighted by molar-refractivity contribution is 0.661. The van der Waals surface area contributed by atoms with Crippen molar-refractivity contribution in [2.24, 2.45) is 4.99 Å². The summed E-state index contributed by atoms with van der Waals surface area (Å²) in [6.45, 7) is 2.21. The molecule has 0 aliphatic rings. The predicted octanol–water partition coefficient (Wildman–Crippen LogP) is 2.05. The van der Waals surface area contributed by atoms with E-state index >= 15 is 0 Å². The van der Waals surface area contributed by atoms with E-state index in [1.54, 1.807) is 13.4 Å². The summed E-state index contributed by atoms with van der Waals surface area (Å²) < 4.78 is 4.08. The van der Waals surface area contributed by atoms with E-state index < -0.39 is 0 Å². The van der Waals surface area contributed by atoms with Gasteiger partial charge in [0, 0.05) is 38.2 Å². The molecule has 0 unspecified atom stereocenters. The SMILES string of the molecule is CN=C(NCCn1cccc1)NCc1nncn1-c1ccccc1.I. The van der Waals surface area contributed by atoms with Gasteiger partial charge < -0.3 is 15.2 Å². The van der Waals surface area contributed by atoms with E-state index in [1.165, 1.54) is 0 Å². The van der Waals surface area contributed by atoms with Crippen LogP contribution in [-0.2, 0) is 13.1 Å². The summed E-state index contributed by atoms with van der Waals surface area (Å²) in [7, 11) is 1.76. The molecule has 0 saturated heterocycles. The molecular weight excluding hydrogens is 429 g/mol. The monoisotopic (exact) mass is 451 g/mol. The van der Waals surface area contributed by atoms with Gasteiger partial charge in [0.2, 0.25) is 0 Å². The van der Waals surface area contributed by atoms with Crippen molar-refractivity contribution in [3.8, 4) is 5.69 Å². The fourth-order valence-electron chi connectivity index (χ4n) is 2.39. The van der Waals surface area contributed by atoms with E-state index in [4.69, 9.17) is 0 Å². The third kappa shape index (κ3) is 5.31. The van der Waals surface area contributed by atoms with Crippen LogP contribution in [0.4, 0.5) is 0 Å². The van der Waals surface area contributed by atoms with Gasteiger partial charge in [-0.15, -0.1) is 34.2 Å². The number of guanidine groups is 1. The molecule has 1 aromatic carbocycles. The summed E-state index contributed by atoms with van der Waals surface area (Å²) in [6, 6.07) is 14.1. The van der Waals surface area contributed by atoms with Crippen LogP contribution in [0.25, 0.3) is 5.69 Å². The van der Waals surface area contributed by atoms with Crippen LogP contribution in [0, 0.1) is 0 Å². The number of nitrogens with zero attached hydrogens (tertiary/aromatic N) is 5. The summed E-state index contributed by atoms with van der Waals surface area (Å²) in [4.78, 5) is 4.24. The number of aliphatic imine (C=N–C) groups is 1. The summed E-state index contributed by atoms with van der Waals surface area (Å²) in [6.07, 6.45) is 5.80. The maximum absolute atomic E-state index is 4.24. The van der Waals surface area contributed by atoms with Crippen molar-refractivity contribution in [2.45, 2.75) is 13.1 Å². The minimum Gasteiger partial charge on any atom is -0.355 e. The molecule has 2 aromatic heterocycles. The molecule has 25 heavy (non-hydrogen) atoms. The molecule has 0 spiro atoms. The predicted molar refractivity (Wildman–Crippen MR) is 109 cm³/mol. The van der Waals surface area contributed by atoms with E-state index in [0.717, 1.165) is 30.6 Å². The second kappa shape index (κ2) is 9.82. The molecule has 3 rings (SSSR count). The highest BCUT2D eigenvalue weighted by Crippen LogP contribution is 2.08. The average molecular weight is 451 g/mol. The van der Waals surface area contributed by atoms with Crippen molar-refractivity contribution >= 4 is 29.9 Å². The molecule has 2 N–H and O–H groups in total. The average Bonchev–Trinajstić information content (AvgIpc) is 3.30. The van der Waals surface area contributed by atoms with Gasteiger partial charge in [-0.2, -0.15) is 0 Å². The molecule has 7 nitrogen and oxygen atoms in total. The second-order valence-electron chi connectivity index (χ2n) is 5.23. The zero-order chi connectivity index (χ0) is 16.6. The van der Waals surface area contributed by atoms with Crippen LogP contribution >= 0.6 is 24.0 Å². The topological polar surface area (TPSA) is 72.1 Å². The zero-order valence-corrected chi connectivity index (χ0v) is 16.4. The van der Waals surface area contributed by atoms with Crippen molar-refractivity contribution in [2.75, 3.05) is 13.6 Å². The molecule has 0 fully saturated rings. The normalized spacial score (nSPS) is 11.0. The number of hydrogen-bond donors (Lipinski definition) is 2. The quantitative estimate of drug-likeness (QED) is 0.342. The maximum atomic E-state index is 4.24. The number of hydrogen-bond acceptors (Lipinski definition) is 3. The Kier molecular flexibility index (Phi) is 7.45. The highest BCUT2D eigenvalue weighted by atomic mass is 127. The standard InChI is InChI=1S/C17H21N7.HI/c1-18-17(19-9-12-23-10-5-6-11-23)20-13-16-22-21-14-24(16)15-7-3-2-4-8-15;/h2-8,10-11,14H,9,12-13H2,1H3,(H2,18,19,20);1H. The van der Waals surface area contributed by atoms with Crippen LogP contribution in [0.5, 0.6) is 0 Å². The van der Waals surface area contributed by atoms with Gasteiger partial charge in [0.05, 0.1) is 6.54 Å². The van der Waals surface area contributed by atoms with E-state index in [-0.39, 0.29) is 24.0 Å². The zero-order valence-electron chi connectivity index (χ0n) is 14.0. The number of halogens is 1. The largest absolute Gasteiger partial charge is 0.355 e. The molecule has 0 atom stereocenters. The minimum absolute atomic E-state index is 0. The Hall–Kier alpha value is -2.36. The molecule has 0 aliphatic carbocycles. The highest BCUT2D eigenvalue weighted by molar-refractivity contribution is 14.0. The van der Waals surface area contributed by atoms with Crippen molar-refractivity contribution < 1.29 is 0 Å². The van der Waals surface area contributed by atoms with Gasteiger partial charge in [0.1, 0.15) is 6.33 Å². The van der Waals surface area contributed by atoms with Crippen molar-refractivity contribution in [3.63, 3.8) is 0 Å². The molecule has 3 aromatic rings. The fraction of sp³-hybridized carbons (Fsp3) is 0.235. The Labute approximate surface area is 164 Å². The third-order valence-corrected chi connectivity index (χ3v) is 3.62. The minimum atomic E-state index is 0. The van der Waals surface area contributed by atoms with Crippen molar-refractivity contribution in [1.29, 1.82) is 0 Å². The van der Waals surface area contributed by atoms with E-state index in [0.29, 0.717) is 6.54 Å². The Morgan fingerprint density at radius 3 is 2.56 bits per heavy atom. The van der Waals surface area contributed by atoms with Gasteiger partial charge in [0.25, 0.3) is 0 Å². The van der Waals surface area contributed by atoms with E-state index in [1.807, 2.05) is 59.4 Å². The molecule has 0 aliphatic heterocycles. The lowest BCUT2D eigenvalue weighted by atomic mass is 10.3. The molecule has 0 radical (unpaired) electrons. The number of aromatic nitrogens is 4. The van der Waals surface area contributed by atoms with Gasteiger partial charge in [-0.05, 0) is 24.3 Å². The summed E-state index contributed by atoms with van der Waals surface area (Å²) >= 11 is 0. The van der Waals surface area contributed by atoms with Crippen LogP contribution in [-0.4, -0.2) is 38.9 Å². The lowest BCUT2D eigenvalue weighted by Crippen LogP contribution is -2.38. The van der Waals surface area contributed by atoms with Gasteiger partial charge >= 0.3 is 0 Å². The van der Waals surface area contributed by atoms with E-state index in [9.17, 15) is 0 Å². The summed E-state index contributed by atoms with van der Waals surface area (Å²) in [5.41, 5.74) is 1.04. The first-order valence-corrected chi connectivity index (χ1v) is 7.86. The Morgan fingerprint density at radius 2 is 1.84 bits per heavy atom. The smallest absolute Gasteiger partial charge is 0.191 e. The molecular formula is C17H22IN7. The van der Waals surface area contributed by atoms with Crippen LogP contribution < -0.4 is 10.6 Å². The molecule has 0 amide bonds. The number of para-hydroxylation sites is 1. The Morgan fingerprint density at radius 1 is 1.08 bits per heavy atom.